The van der Waals surface area contributed by atoms with Crippen LogP contribution in [0.15, 0.2) is 24.3 Å². The molecule has 1 aromatic carbocycles. The zero-order valence-electron chi connectivity index (χ0n) is 20.4. The lowest BCUT2D eigenvalue weighted by atomic mass is 9.97. The third-order valence-corrected chi connectivity index (χ3v) is 5.30. The third kappa shape index (κ3) is 9.68. The van der Waals surface area contributed by atoms with E-state index in [0.717, 1.165) is 24.2 Å². The second kappa shape index (κ2) is 14.5. The molecule has 8 nitrogen and oxygen atoms in total. The number of rotatable bonds is 14. The van der Waals surface area contributed by atoms with Crippen molar-refractivity contribution in [1.29, 1.82) is 0 Å². The summed E-state index contributed by atoms with van der Waals surface area (Å²) in [6.45, 7) is 10.8. The first-order chi connectivity index (χ1) is 15.2. The highest BCUT2D eigenvalue weighted by molar-refractivity contribution is 5.89. The van der Waals surface area contributed by atoms with Crippen LogP contribution >= 0.6 is 0 Å². The Morgan fingerprint density at radius 2 is 1.75 bits per heavy atom. The minimum absolute atomic E-state index is 0.0819. The highest BCUT2D eigenvalue weighted by Gasteiger charge is 2.28. The lowest BCUT2D eigenvalue weighted by Crippen LogP contribution is -2.52. The Morgan fingerprint density at radius 1 is 1.06 bits per heavy atom. The Hall–Kier alpha value is -2.61. The van der Waals surface area contributed by atoms with E-state index in [1.807, 2.05) is 58.9 Å². The lowest BCUT2D eigenvalue weighted by molar-refractivity contribution is -0.137. The van der Waals surface area contributed by atoms with Gasteiger partial charge in [-0.3, -0.25) is 14.4 Å². The van der Waals surface area contributed by atoms with Crippen LogP contribution in [0.5, 0.6) is 5.75 Å². The highest BCUT2D eigenvalue weighted by atomic mass is 16.5. The molecule has 0 radical (unpaired) electrons. The van der Waals surface area contributed by atoms with Crippen LogP contribution in [-0.4, -0.2) is 68.0 Å². The number of benzene rings is 1. The number of nitrogens with one attached hydrogen (secondary N) is 3. The normalized spacial score (nSPS) is 13.6. The van der Waals surface area contributed by atoms with Crippen LogP contribution in [0.25, 0.3) is 0 Å². The van der Waals surface area contributed by atoms with Crippen molar-refractivity contribution in [3.05, 3.63) is 29.8 Å². The molecule has 0 aliphatic carbocycles. The molecule has 0 bridgehead atoms. The number of hydrogen-bond donors (Lipinski definition) is 3. The van der Waals surface area contributed by atoms with Crippen LogP contribution in [-0.2, 0) is 14.4 Å². The zero-order valence-corrected chi connectivity index (χ0v) is 20.4. The minimum Gasteiger partial charge on any atom is -0.489 e. The molecule has 1 rings (SSSR count). The molecule has 0 spiro atoms. The number of nitrogens with zero attached hydrogens (tertiary/aromatic N) is 1. The van der Waals surface area contributed by atoms with Gasteiger partial charge >= 0.3 is 0 Å². The van der Waals surface area contributed by atoms with E-state index >= 15 is 0 Å². The monoisotopic (exact) mass is 448 g/mol. The van der Waals surface area contributed by atoms with Gasteiger partial charge in [0.25, 0.3) is 0 Å². The second-order valence-corrected chi connectivity index (χ2v) is 8.29. The molecular weight excluding hydrogens is 408 g/mol. The summed E-state index contributed by atoms with van der Waals surface area (Å²) in [6.07, 6.45) is 1.51. The van der Waals surface area contributed by atoms with Gasteiger partial charge in [-0.25, -0.2) is 0 Å². The standard InChI is InChI=1S/C24H40N4O4/c1-7-13-25-21(29)15-26-22(30)16-28(6)24(31)23(17(3)8-2)27-14-19(5)32-20-12-10-9-11-18(20)4/h9-12,17,19,23,27H,7-8,13-16H2,1-6H3,(H,25,29)(H,26,30)/t17?,19-,23?/m1/s1. The van der Waals surface area contributed by atoms with Crippen molar-refractivity contribution < 1.29 is 19.1 Å². The van der Waals surface area contributed by atoms with Gasteiger partial charge in [0.1, 0.15) is 11.9 Å². The van der Waals surface area contributed by atoms with Crippen molar-refractivity contribution >= 4 is 17.7 Å². The molecule has 0 aliphatic heterocycles. The molecule has 0 saturated heterocycles. The smallest absolute Gasteiger partial charge is 0.240 e. The topological polar surface area (TPSA) is 99.8 Å². The van der Waals surface area contributed by atoms with E-state index in [2.05, 4.69) is 16.0 Å². The molecule has 3 atom stereocenters. The Balaban J connectivity index is 2.60. The molecule has 0 aliphatic rings. The maximum atomic E-state index is 13.0. The Labute approximate surface area is 192 Å². The van der Waals surface area contributed by atoms with Crippen LogP contribution in [0.2, 0.25) is 0 Å². The summed E-state index contributed by atoms with van der Waals surface area (Å²) >= 11 is 0. The minimum atomic E-state index is -0.437. The van der Waals surface area contributed by atoms with Crippen LogP contribution in [0.4, 0.5) is 0 Å². The average Bonchev–Trinajstić information content (AvgIpc) is 2.77. The summed E-state index contributed by atoms with van der Waals surface area (Å²) in [5, 5.41) is 8.58. The number of likely N-dealkylation sites (N-methyl/N-ethyl adjacent to an activating group) is 1. The quantitative estimate of drug-likeness (QED) is 0.403. The maximum absolute atomic E-state index is 13.0. The fraction of sp³-hybridized carbons (Fsp3) is 0.625. The Morgan fingerprint density at radius 3 is 2.38 bits per heavy atom. The molecule has 8 heteroatoms. The largest absolute Gasteiger partial charge is 0.489 e. The van der Waals surface area contributed by atoms with Gasteiger partial charge in [-0.2, -0.15) is 0 Å². The van der Waals surface area contributed by atoms with Gasteiger partial charge < -0.3 is 25.6 Å². The van der Waals surface area contributed by atoms with Gasteiger partial charge in [-0.05, 0) is 37.8 Å². The molecule has 0 fully saturated rings. The van der Waals surface area contributed by atoms with Crippen LogP contribution in [0, 0.1) is 12.8 Å². The molecule has 180 valence electrons. The molecule has 32 heavy (non-hydrogen) atoms. The van der Waals surface area contributed by atoms with Gasteiger partial charge in [0.05, 0.1) is 19.1 Å². The number of carbonyl (C=O) groups is 3. The summed E-state index contributed by atoms with van der Waals surface area (Å²) < 4.78 is 6.01. The van der Waals surface area contributed by atoms with E-state index in [1.54, 1.807) is 7.05 Å². The summed E-state index contributed by atoms with van der Waals surface area (Å²) in [5.74, 6) is 0.138. The van der Waals surface area contributed by atoms with E-state index in [-0.39, 0.29) is 42.8 Å². The van der Waals surface area contributed by atoms with Gasteiger partial charge in [0.2, 0.25) is 17.7 Å². The molecule has 0 aromatic heterocycles. The summed E-state index contributed by atoms with van der Waals surface area (Å²) in [4.78, 5) is 38.3. The number of carbonyl (C=O) groups excluding carboxylic acids is 3. The summed E-state index contributed by atoms with van der Waals surface area (Å²) in [7, 11) is 1.60. The Kier molecular flexibility index (Phi) is 12.4. The number of aryl methyl sites for hydroxylation is 1. The molecule has 0 heterocycles. The fourth-order valence-electron chi connectivity index (χ4n) is 3.10. The first kappa shape index (κ1) is 27.4. The van der Waals surface area contributed by atoms with Gasteiger partial charge in [-0.15, -0.1) is 0 Å². The molecular formula is C24H40N4O4. The lowest BCUT2D eigenvalue weighted by Gasteiger charge is -2.29. The van der Waals surface area contributed by atoms with Crippen molar-refractivity contribution in [3.8, 4) is 5.75 Å². The van der Waals surface area contributed by atoms with E-state index in [1.165, 1.54) is 4.90 Å². The molecule has 3 N–H and O–H groups in total. The van der Waals surface area contributed by atoms with Gasteiger partial charge in [0, 0.05) is 20.1 Å². The Bertz CT molecular complexity index is 740. The number of ether oxygens (including phenoxy) is 1. The molecule has 0 saturated carbocycles. The predicted molar refractivity (Wildman–Crippen MR) is 126 cm³/mol. The third-order valence-electron chi connectivity index (χ3n) is 5.30. The van der Waals surface area contributed by atoms with E-state index in [9.17, 15) is 14.4 Å². The van der Waals surface area contributed by atoms with Crippen LogP contribution < -0.4 is 20.7 Å². The average molecular weight is 449 g/mol. The molecule has 1 aromatic rings. The van der Waals surface area contributed by atoms with Gasteiger partial charge in [0.15, 0.2) is 0 Å². The number of amides is 3. The van der Waals surface area contributed by atoms with E-state index in [4.69, 9.17) is 4.74 Å². The van der Waals surface area contributed by atoms with Crippen molar-refractivity contribution in [1.82, 2.24) is 20.9 Å². The van der Waals surface area contributed by atoms with Gasteiger partial charge in [-0.1, -0.05) is 45.4 Å². The van der Waals surface area contributed by atoms with Crippen molar-refractivity contribution in [2.45, 2.75) is 59.6 Å². The number of para-hydroxylation sites is 1. The van der Waals surface area contributed by atoms with Crippen molar-refractivity contribution in [2.75, 3.05) is 33.2 Å². The first-order valence-corrected chi connectivity index (χ1v) is 11.4. The second-order valence-electron chi connectivity index (χ2n) is 8.29. The van der Waals surface area contributed by atoms with Crippen molar-refractivity contribution in [3.63, 3.8) is 0 Å². The predicted octanol–water partition coefficient (Wildman–Crippen LogP) is 1.87. The number of hydrogen-bond acceptors (Lipinski definition) is 5. The molecule has 3 amide bonds. The maximum Gasteiger partial charge on any atom is 0.240 e. The summed E-state index contributed by atoms with van der Waals surface area (Å²) in [5.41, 5.74) is 1.06. The summed E-state index contributed by atoms with van der Waals surface area (Å²) in [6, 6.07) is 7.38. The first-order valence-electron chi connectivity index (χ1n) is 11.4. The van der Waals surface area contributed by atoms with Crippen LogP contribution in [0.1, 0.15) is 46.1 Å². The SMILES string of the molecule is CCCNC(=O)CNC(=O)CN(C)C(=O)C(NC[C@@H](C)Oc1ccccc1C)C(C)CC. The fourth-order valence-corrected chi connectivity index (χ4v) is 3.10. The molecule has 2 unspecified atom stereocenters. The zero-order chi connectivity index (χ0) is 24.1. The van der Waals surface area contributed by atoms with E-state index < -0.39 is 6.04 Å². The highest BCUT2D eigenvalue weighted by Crippen LogP contribution is 2.18. The van der Waals surface area contributed by atoms with Crippen LogP contribution in [0.3, 0.4) is 0 Å². The van der Waals surface area contributed by atoms with E-state index in [0.29, 0.717) is 13.1 Å². The van der Waals surface area contributed by atoms with Crippen molar-refractivity contribution in [2.24, 2.45) is 5.92 Å².